The van der Waals surface area contributed by atoms with E-state index in [4.69, 9.17) is 14.2 Å². The lowest BCUT2D eigenvalue weighted by molar-refractivity contribution is -0.167. The van der Waals surface area contributed by atoms with Crippen molar-refractivity contribution in [2.45, 2.75) is 291 Å². The Morgan fingerprint density at radius 3 is 0.845 bits per heavy atom. The molecule has 0 saturated carbocycles. The third-order valence-corrected chi connectivity index (χ3v) is 11.7. The summed E-state index contributed by atoms with van der Waals surface area (Å²) in [5.74, 6) is 0.753. The van der Waals surface area contributed by atoms with Crippen molar-refractivity contribution in [3.63, 3.8) is 0 Å². The highest BCUT2D eigenvalue weighted by molar-refractivity contribution is 5.71. The average Bonchev–Trinajstić information content (AvgIpc) is 3.19. The van der Waals surface area contributed by atoms with Crippen molar-refractivity contribution < 1.29 is 28.6 Å². The average molecular weight is 821 g/mol. The molecular formula is C52H100O6. The molecule has 0 N–H and O–H groups in total. The molecule has 0 aliphatic carbocycles. The van der Waals surface area contributed by atoms with Gasteiger partial charge in [0, 0.05) is 19.3 Å². The minimum Gasteiger partial charge on any atom is -0.462 e. The standard InChI is InChI=1S/C52H100O6/c1-6-7-8-9-10-11-12-13-14-15-16-19-22-27-32-37-42-50(53)56-45-49(58-52(55)44-39-34-29-24-26-31-36-41-48(4)5)46-57-51(54)43-38-33-28-23-20-17-18-21-25-30-35-40-47(2)3/h47-49H,6-46H2,1-5H3/t49-/m0/s1. The first-order valence-corrected chi connectivity index (χ1v) is 25.7. The van der Waals surface area contributed by atoms with E-state index in [0.29, 0.717) is 19.3 Å². The van der Waals surface area contributed by atoms with Crippen LogP contribution in [-0.2, 0) is 28.6 Å². The molecule has 0 spiro atoms. The molecule has 58 heavy (non-hydrogen) atoms. The Morgan fingerprint density at radius 1 is 0.328 bits per heavy atom. The van der Waals surface area contributed by atoms with E-state index in [0.717, 1.165) is 69.6 Å². The summed E-state index contributed by atoms with van der Waals surface area (Å²) in [7, 11) is 0. The fourth-order valence-corrected chi connectivity index (χ4v) is 7.81. The SMILES string of the molecule is CCCCCCCCCCCCCCCCCCC(=O)OC[C@@H](COC(=O)CCCCCCCCCCCCCC(C)C)OC(=O)CCCCCCCCCC(C)C. The second kappa shape index (κ2) is 44.9. The predicted octanol–water partition coefficient (Wildman–Crippen LogP) is 16.5. The van der Waals surface area contributed by atoms with Crippen LogP contribution in [0.5, 0.6) is 0 Å². The lowest BCUT2D eigenvalue weighted by Gasteiger charge is -2.18. The van der Waals surface area contributed by atoms with Crippen LogP contribution >= 0.6 is 0 Å². The number of rotatable bonds is 46. The molecule has 344 valence electrons. The molecule has 0 aliphatic heterocycles. The summed E-state index contributed by atoms with van der Waals surface area (Å²) in [6.07, 6.45) is 45.3. The van der Waals surface area contributed by atoms with Crippen LogP contribution < -0.4 is 0 Å². The van der Waals surface area contributed by atoms with Crippen LogP contribution in [-0.4, -0.2) is 37.2 Å². The van der Waals surface area contributed by atoms with E-state index in [2.05, 4.69) is 34.6 Å². The molecule has 0 aromatic carbocycles. The summed E-state index contributed by atoms with van der Waals surface area (Å²) in [6, 6.07) is 0. The van der Waals surface area contributed by atoms with Gasteiger partial charge in [0.25, 0.3) is 0 Å². The van der Waals surface area contributed by atoms with Gasteiger partial charge in [-0.25, -0.2) is 0 Å². The van der Waals surface area contributed by atoms with Crippen LogP contribution in [0.1, 0.15) is 285 Å². The highest BCUT2D eigenvalue weighted by atomic mass is 16.6. The van der Waals surface area contributed by atoms with E-state index in [9.17, 15) is 14.4 Å². The minimum absolute atomic E-state index is 0.0645. The third-order valence-electron chi connectivity index (χ3n) is 11.7. The van der Waals surface area contributed by atoms with E-state index >= 15 is 0 Å². The summed E-state index contributed by atoms with van der Waals surface area (Å²) < 4.78 is 16.8. The molecule has 0 aromatic heterocycles. The Kier molecular flexibility index (Phi) is 43.7. The molecule has 0 amide bonds. The zero-order valence-electron chi connectivity index (χ0n) is 39.7. The number of ether oxygens (including phenoxy) is 3. The van der Waals surface area contributed by atoms with Gasteiger partial charge >= 0.3 is 17.9 Å². The van der Waals surface area contributed by atoms with Gasteiger partial charge in [-0.3, -0.25) is 14.4 Å². The normalized spacial score (nSPS) is 12.1. The number of hydrogen-bond acceptors (Lipinski definition) is 6. The van der Waals surface area contributed by atoms with Crippen LogP contribution in [0, 0.1) is 11.8 Å². The van der Waals surface area contributed by atoms with Gasteiger partial charge in [0.1, 0.15) is 13.2 Å². The summed E-state index contributed by atoms with van der Waals surface area (Å²) in [5.41, 5.74) is 0. The van der Waals surface area contributed by atoms with Crippen LogP contribution in [0.3, 0.4) is 0 Å². The van der Waals surface area contributed by atoms with Crippen LogP contribution in [0.4, 0.5) is 0 Å². The molecular weight excluding hydrogens is 721 g/mol. The van der Waals surface area contributed by atoms with Crippen LogP contribution in [0.25, 0.3) is 0 Å². The lowest BCUT2D eigenvalue weighted by atomic mass is 10.0. The Bertz CT molecular complexity index is 885. The van der Waals surface area contributed by atoms with Crippen LogP contribution in [0.15, 0.2) is 0 Å². The van der Waals surface area contributed by atoms with Crippen molar-refractivity contribution in [2.75, 3.05) is 13.2 Å². The fraction of sp³-hybridized carbons (Fsp3) is 0.942. The van der Waals surface area contributed by atoms with Crippen molar-refractivity contribution in [3.8, 4) is 0 Å². The zero-order valence-corrected chi connectivity index (χ0v) is 39.7. The molecule has 0 heterocycles. The molecule has 6 heteroatoms. The first kappa shape index (κ1) is 56.4. The van der Waals surface area contributed by atoms with Crippen molar-refractivity contribution in [1.82, 2.24) is 0 Å². The number of carbonyl (C=O) groups is 3. The van der Waals surface area contributed by atoms with Gasteiger partial charge < -0.3 is 14.2 Å². The highest BCUT2D eigenvalue weighted by Gasteiger charge is 2.19. The largest absolute Gasteiger partial charge is 0.462 e. The van der Waals surface area contributed by atoms with E-state index in [-0.39, 0.29) is 31.1 Å². The number of esters is 3. The van der Waals surface area contributed by atoms with E-state index < -0.39 is 6.10 Å². The Morgan fingerprint density at radius 2 is 0.569 bits per heavy atom. The van der Waals surface area contributed by atoms with Gasteiger partial charge in [-0.1, -0.05) is 247 Å². The van der Waals surface area contributed by atoms with Gasteiger partial charge in [0.05, 0.1) is 0 Å². The first-order chi connectivity index (χ1) is 28.2. The number of carbonyl (C=O) groups excluding carboxylic acids is 3. The topological polar surface area (TPSA) is 78.9 Å². The Balaban J connectivity index is 4.27. The maximum Gasteiger partial charge on any atom is 0.306 e. The number of unbranched alkanes of at least 4 members (excludes halogenated alkanes) is 31. The van der Waals surface area contributed by atoms with Gasteiger partial charge in [0.2, 0.25) is 0 Å². The van der Waals surface area contributed by atoms with Gasteiger partial charge in [-0.05, 0) is 31.1 Å². The van der Waals surface area contributed by atoms with Crippen molar-refractivity contribution in [3.05, 3.63) is 0 Å². The maximum absolute atomic E-state index is 12.7. The van der Waals surface area contributed by atoms with E-state index in [1.165, 1.54) is 173 Å². The second-order valence-electron chi connectivity index (χ2n) is 18.8. The summed E-state index contributed by atoms with van der Waals surface area (Å²) >= 11 is 0. The molecule has 1 atom stereocenters. The van der Waals surface area contributed by atoms with Gasteiger partial charge in [0.15, 0.2) is 6.10 Å². The van der Waals surface area contributed by atoms with E-state index in [1.54, 1.807) is 0 Å². The maximum atomic E-state index is 12.7. The number of hydrogen-bond donors (Lipinski definition) is 0. The van der Waals surface area contributed by atoms with Gasteiger partial charge in [-0.15, -0.1) is 0 Å². The zero-order chi connectivity index (χ0) is 42.6. The monoisotopic (exact) mass is 821 g/mol. The first-order valence-electron chi connectivity index (χ1n) is 25.7. The molecule has 0 aliphatic rings. The predicted molar refractivity (Wildman–Crippen MR) is 247 cm³/mol. The van der Waals surface area contributed by atoms with E-state index in [1.807, 2.05) is 0 Å². The minimum atomic E-state index is -0.762. The summed E-state index contributed by atoms with van der Waals surface area (Å²) in [6.45, 7) is 11.3. The third kappa shape index (κ3) is 45.5. The van der Waals surface area contributed by atoms with Crippen LogP contribution in [0.2, 0.25) is 0 Å². The smallest absolute Gasteiger partial charge is 0.306 e. The molecule has 0 radical (unpaired) electrons. The lowest BCUT2D eigenvalue weighted by Crippen LogP contribution is -2.30. The fourth-order valence-electron chi connectivity index (χ4n) is 7.81. The molecule has 0 unspecified atom stereocenters. The summed E-state index contributed by atoms with van der Waals surface area (Å²) in [5, 5.41) is 0. The molecule has 6 nitrogen and oxygen atoms in total. The molecule has 0 rings (SSSR count). The molecule has 0 saturated heterocycles. The quantitative estimate of drug-likeness (QED) is 0.0346. The summed E-state index contributed by atoms with van der Waals surface area (Å²) in [4.78, 5) is 37.9. The van der Waals surface area contributed by atoms with Gasteiger partial charge in [-0.2, -0.15) is 0 Å². The van der Waals surface area contributed by atoms with Crippen molar-refractivity contribution in [2.24, 2.45) is 11.8 Å². The Labute approximate surface area is 361 Å². The Hall–Kier alpha value is -1.59. The van der Waals surface area contributed by atoms with Crippen molar-refractivity contribution in [1.29, 1.82) is 0 Å². The molecule has 0 fully saturated rings. The van der Waals surface area contributed by atoms with Crippen molar-refractivity contribution >= 4 is 17.9 Å². The highest BCUT2D eigenvalue weighted by Crippen LogP contribution is 2.17. The molecule has 0 aromatic rings. The molecule has 0 bridgehead atoms. The second-order valence-corrected chi connectivity index (χ2v) is 18.8.